The second kappa shape index (κ2) is 9.39. The smallest absolute Gasteiger partial charge is 0.257 e. The van der Waals surface area contributed by atoms with Gasteiger partial charge in [-0.25, -0.2) is 4.39 Å². The number of benzene rings is 2. The molecule has 1 aliphatic rings. The van der Waals surface area contributed by atoms with Crippen LogP contribution in [0.4, 0.5) is 4.39 Å². The van der Waals surface area contributed by atoms with Crippen molar-refractivity contribution in [1.82, 2.24) is 9.88 Å². The molecule has 2 aromatic carbocycles. The molecule has 0 saturated carbocycles. The Kier molecular flexibility index (Phi) is 6.40. The van der Waals surface area contributed by atoms with Crippen molar-refractivity contribution in [2.45, 2.75) is 25.7 Å². The van der Waals surface area contributed by atoms with E-state index >= 15 is 0 Å². The molecule has 6 heteroatoms. The van der Waals surface area contributed by atoms with Gasteiger partial charge in [-0.05, 0) is 73.4 Å². The van der Waals surface area contributed by atoms with E-state index in [0.717, 1.165) is 35.4 Å². The molecule has 32 heavy (non-hydrogen) atoms. The average molecular weight is 435 g/mol. The summed E-state index contributed by atoms with van der Waals surface area (Å²) in [6.45, 7) is 3.23. The van der Waals surface area contributed by atoms with Gasteiger partial charge >= 0.3 is 0 Å². The molecule has 1 saturated heterocycles. The minimum absolute atomic E-state index is 0.0724. The molecule has 0 N–H and O–H groups in total. The van der Waals surface area contributed by atoms with Gasteiger partial charge in [0.15, 0.2) is 0 Å². The van der Waals surface area contributed by atoms with Crippen molar-refractivity contribution in [3.05, 3.63) is 77.4 Å². The number of pyridine rings is 1. The third-order valence-corrected chi connectivity index (χ3v) is 5.91. The summed E-state index contributed by atoms with van der Waals surface area (Å²) < 4.78 is 24.1. The number of carbonyl (C=O) groups excluding carboxylic acids is 1. The van der Waals surface area contributed by atoms with E-state index < -0.39 is 0 Å². The normalized spacial score (nSPS) is 16.0. The van der Waals surface area contributed by atoms with Crippen LogP contribution in [-0.2, 0) is 0 Å². The van der Waals surface area contributed by atoms with Crippen molar-refractivity contribution in [2.75, 3.05) is 27.3 Å². The van der Waals surface area contributed by atoms with Crippen LogP contribution in [-0.4, -0.2) is 43.1 Å². The molecular formula is C26H27FN2O3. The lowest BCUT2D eigenvalue weighted by molar-refractivity contribution is 0.0702. The van der Waals surface area contributed by atoms with Gasteiger partial charge in [0.05, 0.1) is 19.8 Å². The second-order valence-corrected chi connectivity index (χ2v) is 8.09. The maximum absolute atomic E-state index is 13.3. The number of carbonyl (C=O) groups is 1. The van der Waals surface area contributed by atoms with Crippen LogP contribution in [0.3, 0.4) is 0 Å². The molecule has 5 nitrogen and oxygen atoms in total. The second-order valence-electron chi connectivity index (χ2n) is 8.09. The van der Waals surface area contributed by atoms with E-state index in [0.29, 0.717) is 30.2 Å². The number of piperidine rings is 1. The third-order valence-electron chi connectivity index (χ3n) is 5.91. The summed E-state index contributed by atoms with van der Waals surface area (Å²) in [5.41, 5.74) is 4.31. The van der Waals surface area contributed by atoms with Gasteiger partial charge < -0.3 is 14.4 Å². The van der Waals surface area contributed by atoms with Gasteiger partial charge in [-0.15, -0.1) is 0 Å². The molecule has 0 radical (unpaired) electrons. The van der Waals surface area contributed by atoms with Gasteiger partial charge in [0.2, 0.25) is 0 Å². The fourth-order valence-electron chi connectivity index (χ4n) is 4.27. The molecule has 166 valence electrons. The summed E-state index contributed by atoms with van der Waals surface area (Å²) in [5.74, 6) is 0.951. The number of likely N-dealkylation sites (tertiary alicyclic amines) is 1. The fourth-order valence-corrected chi connectivity index (χ4v) is 4.27. The number of halogens is 1. The molecule has 1 aromatic heterocycles. The maximum Gasteiger partial charge on any atom is 0.257 e. The average Bonchev–Trinajstić information content (AvgIpc) is 2.83. The van der Waals surface area contributed by atoms with E-state index in [-0.39, 0.29) is 17.6 Å². The number of hydrogen-bond donors (Lipinski definition) is 0. The molecule has 1 fully saturated rings. The number of aryl methyl sites for hydroxylation is 1. The van der Waals surface area contributed by atoms with E-state index in [1.54, 1.807) is 44.6 Å². The highest BCUT2D eigenvalue weighted by molar-refractivity contribution is 5.97. The number of rotatable bonds is 5. The van der Waals surface area contributed by atoms with Gasteiger partial charge in [0.25, 0.3) is 5.91 Å². The minimum atomic E-state index is -0.255. The van der Waals surface area contributed by atoms with Crippen LogP contribution in [0.15, 0.2) is 54.6 Å². The van der Waals surface area contributed by atoms with Crippen LogP contribution < -0.4 is 9.47 Å². The van der Waals surface area contributed by atoms with Gasteiger partial charge in [0, 0.05) is 30.4 Å². The number of methoxy groups -OCH3 is 2. The number of ether oxygens (including phenoxy) is 2. The van der Waals surface area contributed by atoms with Crippen LogP contribution in [0.5, 0.6) is 11.5 Å². The lowest BCUT2D eigenvalue weighted by Gasteiger charge is -2.33. The first-order valence-corrected chi connectivity index (χ1v) is 10.7. The number of amides is 1. The summed E-state index contributed by atoms with van der Waals surface area (Å²) in [4.78, 5) is 20.0. The van der Waals surface area contributed by atoms with Gasteiger partial charge in [-0.2, -0.15) is 0 Å². The summed E-state index contributed by atoms with van der Waals surface area (Å²) >= 11 is 0. The summed E-state index contributed by atoms with van der Waals surface area (Å²) in [6, 6.07) is 15.8. The van der Waals surface area contributed by atoms with Crippen LogP contribution in [0.2, 0.25) is 0 Å². The topological polar surface area (TPSA) is 51.7 Å². The van der Waals surface area contributed by atoms with Crippen molar-refractivity contribution in [3.8, 4) is 22.6 Å². The van der Waals surface area contributed by atoms with E-state index in [4.69, 9.17) is 14.5 Å². The van der Waals surface area contributed by atoms with Crippen LogP contribution in [0.1, 0.15) is 40.5 Å². The molecule has 0 aliphatic carbocycles. The quantitative estimate of drug-likeness (QED) is 0.552. The Morgan fingerprint density at radius 1 is 1.03 bits per heavy atom. The van der Waals surface area contributed by atoms with Crippen molar-refractivity contribution >= 4 is 5.91 Å². The predicted octanol–water partition coefficient (Wildman–Crippen LogP) is 5.23. The SMILES string of the molecule is COc1ccc(OC)c(C(=O)N2CCC[C@@H](c3cc(-c4ccc(F)cc4)cc(C)n3)C2)c1. The Morgan fingerprint density at radius 2 is 1.81 bits per heavy atom. The standard InChI is InChI=1S/C26H27FN2O3/c1-17-13-20(18-6-8-21(27)9-7-18)14-24(28-17)19-5-4-12-29(16-19)26(30)23-15-22(31-2)10-11-25(23)32-3/h6-11,13-15,19H,4-5,12,16H2,1-3H3/t19-/m1/s1. The highest BCUT2D eigenvalue weighted by Gasteiger charge is 2.28. The largest absolute Gasteiger partial charge is 0.497 e. The first kappa shape index (κ1) is 21.8. The summed E-state index contributed by atoms with van der Waals surface area (Å²) in [7, 11) is 3.14. The highest BCUT2D eigenvalue weighted by atomic mass is 19.1. The van der Waals surface area contributed by atoms with Gasteiger partial charge in [-0.3, -0.25) is 9.78 Å². The zero-order chi connectivity index (χ0) is 22.7. The third kappa shape index (κ3) is 4.59. The lowest BCUT2D eigenvalue weighted by Crippen LogP contribution is -2.39. The summed E-state index contributed by atoms with van der Waals surface area (Å²) in [5, 5.41) is 0. The van der Waals surface area contributed by atoms with E-state index in [2.05, 4.69) is 6.07 Å². The monoisotopic (exact) mass is 434 g/mol. The van der Waals surface area contributed by atoms with E-state index in [9.17, 15) is 9.18 Å². The van der Waals surface area contributed by atoms with Crippen LogP contribution >= 0.6 is 0 Å². The zero-order valence-corrected chi connectivity index (χ0v) is 18.6. The van der Waals surface area contributed by atoms with Gasteiger partial charge in [0.1, 0.15) is 17.3 Å². The van der Waals surface area contributed by atoms with E-state index in [1.165, 1.54) is 12.1 Å². The Hall–Kier alpha value is -3.41. The number of nitrogens with zero attached hydrogens (tertiary/aromatic N) is 2. The first-order chi connectivity index (χ1) is 15.5. The Labute approximate surface area is 187 Å². The number of hydrogen-bond acceptors (Lipinski definition) is 4. The molecule has 2 heterocycles. The van der Waals surface area contributed by atoms with Gasteiger partial charge in [-0.1, -0.05) is 12.1 Å². The molecule has 0 unspecified atom stereocenters. The Bertz CT molecular complexity index is 1110. The van der Waals surface area contributed by atoms with Crippen LogP contribution in [0.25, 0.3) is 11.1 Å². The van der Waals surface area contributed by atoms with E-state index in [1.807, 2.05) is 17.9 Å². The lowest BCUT2D eigenvalue weighted by atomic mass is 9.91. The molecule has 1 aliphatic heterocycles. The predicted molar refractivity (Wildman–Crippen MR) is 122 cm³/mol. The summed E-state index contributed by atoms with van der Waals surface area (Å²) in [6.07, 6.45) is 1.85. The first-order valence-electron chi connectivity index (χ1n) is 10.7. The van der Waals surface area contributed by atoms with Crippen molar-refractivity contribution in [3.63, 3.8) is 0 Å². The molecule has 3 aromatic rings. The Morgan fingerprint density at radius 3 is 2.53 bits per heavy atom. The number of aromatic nitrogens is 1. The van der Waals surface area contributed by atoms with Crippen molar-refractivity contribution in [2.24, 2.45) is 0 Å². The Balaban J connectivity index is 1.60. The molecule has 4 rings (SSSR count). The molecular weight excluding hydrogens is 407 g/mol. The minimum Gasteiger partial charge on any atom is -0.497 e. The van der Waals surface area contributed by atoms with Crippen molar-refractivity contribution in [1.29, 1.82) is 0 Å². The zero-order valence-electron chi connectivity index (χ0n) is 18.6. The fraction of sp³-hybridized carbons (Fsp3) is 0.308. The van der Waals surface area contributed by atoms with Crippen molar-refractivity contribution < 1.29 is 18.7 Å². The molecule has 0 bridgehead atoms. The van der Waals surface area contributed by atoms with Crippen LogP contribution in [0, 0.1) is 12.7 Å². The highest BCUT2D eigenvalue weighted by Crippen LogP contribution is 2.32. The molecule has 1 atom stereocenters. The molecule has 1 amide bonds. The maximum atomic E-state index is 13.3. The molecule has 0 spiro atoms.